The van der Waals surface area contributed by atoms with Crippen LogP contribution in [0.25, 0.3) is 0 Å². The molecule has 3 rings (SSSR count). The number of hydrogen-bond acceptors (Lipinski definition) is 5. The second kappa shape index (κ2) is 10.2. The van der Waals surface area contributed by atoms with Crippen LogP contribution in [0, 0.1) is 11.8 Å². The largest absolute Gasteiger partial charge is 0.368 e. The van der Waals surface area contributed by atoms with Crippen LogP contribution in [0.15, 0.2) is 0 Å². The minimum Gasteiger partial charge on any atom is -0.368 e. The molecule has 3 atom stereocenters. The fourth-order valence-corrected chi connectivity index (χ4v) is 5.05. The lowest BCUT2D eigenvalue weighted by molar-refractivity contribution is -0.134. The number of nitrogens with one attached hydrogen (secondary N) is 3. The summed E-state index contributed by atoms with van der Waals surface area (Å²) in [7, 11) is 0. The van der Waals surface area contributed by atoms with Crippen LogP contribution in [-0.4, -0.2) is 48.2 Å². The van der Waals surface area contributed by atoms with E-state index in [2.05, 4.69) is 16.0 Å². The number of ketones is 1. The summed E-state index contributed by atoms with van der Waals surface area (Å²) < 4.78 is 0. The Labute approximate surface area is 172 Å². The minimum absolute atomic E-state index is 0.00471. The van der Waals surface area contributed by atoms with Gasteiger partial charge in [-0.15, -0.1) is 0 Å². The Morgan fingerprint density at radius 2 is 1.41 bits per heavy atom. The van der Waals surface area contributed by atoms with Gasteiger partial charge in [0, 0.05) is 6.42 Å². The molecule has 0 radical (unpaired) electrons. The number of carbonyl (C=O) groups excluding carboxylic acids is 4. The normalized spacial score (nSPS) is 25.9. The predicted octanol–water partition coefficient (Wildman–Crippen LogP) is 0.533. The van der Waals surface area contributed by atoms with Gasteiger partial charge in [0.15, 0.2) is 0 Å². The van der Waals surface area contributed by atoms with Crippen LogP contribution in [0.3, 0.4) is 0 Å². The highest BCUT2D eigenvalue weighted by molar-refractivity contribution is 5.96. The second-order valence-corrected chi connectivity index (χ2v) is 8.85. The number of rotatable bonds is 7. The average Bonchev–Trinajstić information content (AvgIpc) is 3.17. The van der Waals surface area contributed by atoms with Crippen molar-refractivity contribution in [1.82, 2.24) is 16.0 Å². The molecule has 1 saturated heterocycles. The number of nitrogens with two attached hydrogens (primary N) is 1. The molecule has 2 aliphatic carbocycles. The first-order chi connectivity index (χ1) is 14.0. The van der Waals surface area contributed by atoms with E-state index < -0.39 is 24.0 Å². The summed E-state index contributed by atoms with van der Waals surface area (Å²) in [6.07, 6.45) is 10.0. The predicted molar refractivity (Wildman–Crippen MR) is 108 cm³/mol. The fraction of sp³-hybridized carbons (Fsp3) is 0.810. The molecule has 8 heteroatoms. The molecule has 5 N–H and O–H groups in total. The van der Waals surface area contributed by atoms with E-state index in [1.54, 1.807) is 0 Å². The van der Waals surface area contributed by atoms with Gasteiger partial charge in [-0.05, 0) is 37.5 Å². The molecule has 162 valence electrons. The summed E-state index contributed by atoms with van der Waals surface area (Å²) >= 11 is 0. The van der Waals surface area contributed by atoms with E-state index in [-0.39, 0.29) is 42.4 Å². The van der Waals surface area contributed by atoms with Crippen LogP contribution in [-0.2, 0) is 19.2 Å². The molecule has 0 aromatic carbocycles. The number of carbonyl (C=O) groups is 4. The lowest BCUT2D eigenvalue weighted by Crippen LogP contribution is -2.59. The maximum Gasteiger partial charge on any atom is 0.243 e. The lowest BCUT2D eigenvalue weighted by atomic mass is 9.81. The topological polar surface area (TPSA) is 130 Å². The Morgan fingerprint density at radius 1 is 0.862 bits per heavy atom. The van der Waals surface area contributed by atoms with Crippen molar-refractivity contribution < 1.29 is 19.2 Å². The van der Waals surface area contributed by atoms with Crippen LogP contribution >= 0.6 is 0 Å². The van der Waals surface area contributed by atoms with Gasteiger partial charge in [-0.2, -0.15) is 0 Å². The van der Waals surface area contributed by atoms with E-state index in [0.717, 1.165) is 64.2 Å². The van der Waals surface area contributed by atoms with Crippen LogP contribution < -0.4 is 21.7 Å². The summed E-state index contributed by atoms with van der Waals surface area (Å²) in [6.45, 7) is 0.184. The van der Waals surface area contributed by atoms with Gasteiger partial charge in [-0.1, -0.05) is 38.5 Å². The van der Waals surface area contributed by atoms with E-state index in [9.17, 15) is 19.2 Å². The summed E-state index contributed by atoms with van der Waals surface area (Å²) in [5.74, 6) is -1.08. The Morgan fingerprint density at radius 3 is 1.90 bits per heavy atom. The summed E-state index contributed by atoms with van der Waals surface area (Å²) in [5, 5.41) is 8.65. The molecule has 3 amide bonds. The number of amides is 3. The Bertz CT molecular complexity index is 626. The van der Waals surface area contributed by atoms with E-state index >= 15 is 0 Å². The highest BCUT2D eigenvalue weighted by Crippen LogP contribution is 2.29. The minimum atomic E-state index is -0.703. The fourth-order valence-electron chi connectivity index (χ4n) is 5.05. The third kappa shape index (κ3) is 5.78. The summed E-state index contributed by atoms with van der Waals surface area (Å²) in [4.78, 5) is 49.4. The van der Waals surface area contributed by atoms with Crippen LogP contribution in [0.4, 0.5) is 0 Å². The molecular weight excluding hydrogens is 372 g/mol. The first-order valence-corrected chi connectivity index (χ1v) is 11.1. The van der Waals surface area contributed by atoms with E-state index in [0.29, 0.717) is 0 Å². The summed E-state index contributed by atoms with van der Waals surface area (Å²) in [5.41, 5.74) is 5.62. The molecule has 0 aromatic heterocycles. The summed E-state index contributed by atoms with van der Waals surface area (Å²) in [6, 6.07) is -1.99. The van der Waals surface area contributed by atoms with Crippen molar-refractivity contribution in [3.05, 3.63) is 0 Å². The molecule has 0 spiro atoms. The second-order valence-electron chi connectivity index (χ2n) is 8.85. The lowest BCUT2D eigenvalue weighted by Gasteiger charge is -2.34. The molecule has 2 saturated carbocycles. The maximum absolute atomic E-state index is 13.2. The smallest absolute Gasteiger partial charge is 0.243 e. The van der Waals surface area contributed by atoms with Crippen molar-refractivity contribution in [2.45, 2.75) is 88.8 Å². The average molecular weight is 407 g/mol. The Kier molecular flexibility index (Phi) is 7.64. The molecule has 8 nitrogen and oxygen atoms in total. The van der Waals surface area contributed by atoms with E-state index in [1.165, 1.54) is 0 Å². The monoisotopic (exact) mass is 406 g/mol. The molecule has 0 bridgehead atoms. The zero-order valence-corrected chi connectivity index (χ0v) is 17.1. The molecule has 1 aliphatic heterocycles. The first kappa shape index (κ1) is 21.7. The highest BCUT2D eigenvalue weighted by Gasteiger charge is 2.37. The van der Waals surface area contributed by atoms with Gasteiger partial charge >= 0.3 is 0 Å². The number of primary amides is 1. The SMILES string of the molecule is NC(=O)[C@@H](NC(=O)[C@@H](NC(=O)[C@@H]1CC(=O)CN1)C1CCCCC1)C1CCCCC1. The van der Waals surface area contributed by atoms with E-state index in [1.807, 2.05) is 0 Å². The van der Waals surface area contributed by atoms with Crippen molar-refractivity contribution in [2.24, 2.45) is 17.6 Å². The maximum atomic E-state index is 13.2. The molecule has 3 fully saturated rings. The Balaban J connectivity index is 1.69. The van der Waals surface area contributed by atoms with E-state index in [4.69, 9.17) is 5.73 Å². The first-order valence-electron chi connectivity index (χ1n) is 11.1. The van der Waals surface area contributed by atoms with Crippen molar-refractivity contribution in [1.29, 1.82) is 0 Å². The molecule has 29 heavy (non-hydrogen) atoms. The van der Waals surface area contributed by atoms with Crippen molar-refractivity contribution in [3.8, 4) is 0 Å². The quantitative estimate of drug-likeness (QED) is 0.490. The van der Waals surface area contributed by atoms with Crippen molar-refractivity contribution >= 4 is 23.5 Å². The molecule has 3 aliphatic rings. The van der Waals surface area contributed by atoms with Crippen LogP contribution in [0.2, 0.25) is 0 Å². The van der Waals surface area contributed by atoms with Gasteiger partial charge < -0.3 is 16.4 Å². The number of hydrogen-bond donors (Lipinski definition) is 4. The van der Waals surface area contributed by atoms with Gasteiger partial charge in [0.1, 0.15) is 17.9 Å². The van der Waals surface area contributed by atoms with Gasteiger partial charge in [-0.25, -0.2) is 0 Å². The highest BCUT2D eigenvalue weighted by atomic mass is 16.2. The Hall–Kier alpha value is -1.96. The molecular formula is C21H34N4O4. The van der Waals surface area contributed by atoms with Crippen molar-refractivity contribution in [3.63, 3.8) is 0 Å². The van der Waals surface area contributed by atoms with Gasteiger partial charge in [0.2, 0.25) is 17.7 Å². The zero-order chi connectivity index (χ0) is 20.8. The zero-order valence-electron chi connectivity index (χ0n) is 17.1. The molecule has 1 heterocycles. The number of Topliss-reactive ketones (excluding diaryl/α,β-unsaturated/α-hetero) is 1. The third-order valence-corrected chi connectivity index (χ3v) is 6.72. The third-order valence-electron chi connectivity index (χ3n) is 6.72. The van der Waals surface area contributed by atoms with Gasteiger partial charge in [-0.3, -0.25) is 24.5 Å². The van der Waals surface area contributed by atoms with Gasteiger partial charge in [0.05, 0.1) is 12.6 Å². The standard InChI is InChI=1S/C21H34N4O4/c22-19(27)17(13-7-3-1-4-8-13)24-21(29)18(14-9-5-2-6-10-14)25-20(28)16-11-15(26)12-23-16/h13-14,16-18,23H,1-12H2,(H2,22,27)(H,24,29)(H,25,28)/t16-,17-,18-/m0/s1. The molecule has 0 aromatic rings. The van der Waals surface area contributed by atoms with Crippen LogP contribution in [0.5, 0.6) is 0 Å². The van der Waals surface area contributed by atoms with Gasteiger partial charge in [0.25, 0.3) is 0 Å². The van der Waals surface area contributed by atoms with Crippen molar-refractivity contribution in [2.75, 3.05) is 6.54 Å². The van der Waals surface area contributed by atoms with Crippen LogP contribution in [0.1, 0.15) is 70.6 Å². The molecule has 0 unspecified atom stereocenters.